The van der Waals surface area contributed by atoms with E-state index < -0.39 is 0 Å². The average Bonchev–Trinajstić information content (AvgIpc) is 2.67. The van der Waals surface area contributed by atoms with Crippen molar-refractivity contribution in [3.63, 3.8) is 0 Å². The lowest BCUT2D eigenvalue weighted by atomic mass is 10.0. The molecule has 0 saturated heterocycles. The maximum atomic E-state index is 5.54. The van der Waals surface area contributed by atoms with Gasteiger partial charge in [0.2, 0.25) is 5.95 Å². The van der Waals surface area contributed by atoms with Crippen LogP contribution < -0.4 is 9.64 Å². The highest BCUT2D eigenvalue weighted by atomic mass is 16.5. The Balaban J connectivity index is 2.09. The first-order valence-electron chi connectivity index (χ1n) is 11.7. The molecule has 0 aromatic carbocycles. The second-order valence-electron chi connectivity index (χ2n) is 8.33. The predicted molar refractivity (Wildman–Crippen MR) is 122 cm³/mol. The van der Waals surface area contributed by atoms with Crippen LogP contribution in [0.2, 0.25) is 0 Å². The van der Waals surface area contributed by atoms with E-state index in [-0.39, 0.29) is 0 Å². The first kappa shape index (κ1) is 24.7. The number of hydrogen-bond donors (Lipinski definition) is 0. The third kappa shape index (κ3) is 10.3. The van der Waals surface area contributed by atoms with Crippen LogP contribution in [-0.4, -0.2) is 31.2 Å². The largest absolute Gasteiger partial charge is 0.493 e. The van der Waals surface area contributed by atoms with E-state index >= 15 is 0 Å². The number of aromatic nitrogens is 2. The summed E-state index contributed by atoms with van der Waals surface area (Å²) in [5.41, 5.74) is 1.99. The van der Waals surface area contributed by atoms with Crippen LogP contribution in [0.5, 0.6) is 5.75 Å². The fourth-order valence-electron chi connectivity index (χ4n) is 3.73. The van der Waals surface area contributed by atoms with Gasteiger partial charge < -0.3 is 9.64 Å². The maximum Gasteiger partial charge on any atom is 0.225 e. The standard InChI is InChI=1S/C24H45N3O/c1-6-7-8-9-10-11-12-13-14-15-16-17-18-19-20-22-23(28-5)21(2)25-24(26-22)27(3)4/h6-20H2,1-5H3. The Morgan fingerprint density at radius 3 is 1.61 bits per heavy atom. The molecule has 0 atom stereocenters. The van der Waals surface area contributed by atoms with Crippen molar-refractivity contribution in [2.45, 2.75) is 110 Å². The van der Waals surface area contributed by atoms with Crippen LogP contribution in [-0.2, 0) is 6.42 Å². The van der Waals surface area contributed by atoms with Gasteiger partial charge >= 0.3 is 0 Å². The van der Waals surface area contributed by atoms with E-state index in [1.165, 1.54) is 89.9 Å². The zero-order chi connectivity index (χ0) is 20.6. The SMILES string of the molecule is CCCCCCCCCCCCCCCCc1nc(N(C)C)nc(C)c1OC. The molecule has 0 aliphatic rings. The van der Waals surface area contributed by atoms with Crippen LogP contribution >= 0.6 is 0 Å². The summed E-state index contributed by atoms with van der Waals surface area (Å²) in [7, 11) is 5.69. The molecule has 1 rings (SSSR count). The molecule has 0 spiro atoms. The lowest BCUT2D eigenvalue weighted by Crippen LogP contribution is -2.15. The molecular weight excluding hydrogens is 346 g/mol. The molecule has 0 saturated carbocycles. The number of anilines is 1. The van der Waals surface area contributed by atoms with Crippen molar-refractivity contribution >= 4 is 5.95 Å². The molecule has 28 heavy (non-hydrogen) atoms. The summed E-state index contributed by atoms with van der Waals surface area (Å²) in [6, 6.07) is 0. The molecule has 0 fully saturated rings. The van der Waals surface area contributed by atoms with Gasteiger partial charge in [0, 0.05) is 14.1 Å². The maximum absolute atomic E-state index is 5.54. The molecule has 0 N–H and O–H groups in total. The highest BCUT2D eigenvalue weighted by Crippen LogP contribution is 2.24. The molecule has 1 aromatic heterocycles. The predicted octanol–water partition coefficient (Wildman–Crippen LogP) is 6.88. The molecule has 0 radical (unpaired) electrons. The van der Waals surface area contributed by atoms with Crippen molar-refractivity contribution in [1.82, 2.24) is 9.97 Å². The van der Waals surface area contributed by atoms with Crippen LogP contribution in [0.4, 0.5) is 5.95 Å². The number of ether oxygens (including phenoxy) is 1. The highest BCUT2D eigenvalue weighted by Gasteiger charge is 2.13. The first-order chi connectivity index (χ1) is 13.6. The van der Waals surface area contributed by atoms with Crippen LogP contribution in [0.25, 0.3) is 0 Å². The molecule has 4 nitrogen and oxygen atoms in total. The molecule has 1 aromatic rings. The number of hydrogen-bond acceptors (Lipinski definition) is 4. The first-order valence-corrected chi connectivity index (χ1v) is 11.7. The van der Waals surface area contributed by atoms with Gasteiger partial charge in [-0.3, -0.25) is 0 Å². The van der Waals surface area contributed by atoms with Gasteiger partial charge in [0.05, 0.1) is 18.5 Å². The number of nitrogens with zero attached hydrogens (tertiary/aromatic N) is 3. The van der Waals surface area contributed by atoms with Crippen LogP contribution in [0.15, 0.2) is 0 Å². The molecule has 0 amide bonds. The monoisotopic (exact) mass is 391 g/mol. The van der Waals surface area contributed by atoms with Crippen molar-refractivity contribution in [2.75, 3.05) is 26.1 Å². The minimum atomic E-state index is 0.777. The third-order valence-electron chi connectivity index (χ3n) is 5.46. The summed E-state index contributed by atoms with van der Waals surface area (Å²) in [5.74, 6) is 1.64. The van der Waals surface area contributed by atoms with Gasteiger partial charge in [0.25, 0.3) is 0 Å². The Morgan fingerprint density at radius 1 is 0.714 bits per heavy atom. The van der Waals surface area contributed by atoms with Crippen molar-refractivity contribution in [3.05, 3.63) is 11.4 Å². The van der Waals surface area contributed by atoms with Crippen LogP contribution in [0.3, 0.4) is 0 Å². The molecule has 162 valence electrons. The Labute approximate surface area is 174 Å². The Kier molecular flexibility index (Phi) is 13.8. The van der Waals surface area contributed by atoms with Crippen LogP contribution in [0.1, 0.15) is 108 Å². The Bertz CT molecular complexity index is 517. The van der Waals surface area contributed by atoms with Gasteiger partial charge in [0.15, 0.2) is 5.75 Å². The van der Waals surface area contributed by atoms with E-state index in [0.717, 1.165) is 29.5 Å². The van der Waals surface area contributed by atoms with Gasteiger partial charge in [-0.25, -0.2) is 9.97 Å². The second kappa shape index (κ2) is 15.6. The third-order valence-corrected chi connectivity index (χ3v) is 5.46. The van der Waals surface area contributed by atoms with E-state index in [2.05, 4.69) is 11.9 Å². The molecule has 1 heterocycles. The summed E-state index contributed by atoms with van der Waals surface area (Å²) < 4.78 is 5.54. The fourth-order valence-corrected chi connectivity index (χ4v) is 3.73. The van der Waals surface area contributed by atoms with Crippen molar-refractivity contribution in [3.8, 4) is 5.75 Å². The zero-order valence-electron chi connectivity index (χ0n) is 19.4. The topological polar surface area (TPSA) is 38.2 Å². The summed E-state index contributed by atoms with van der Waals surface area (Å²) in [4.78, 5) is 11.2. The molecule has 0 aliphatic carbocycles. The van der Waals surface area contributed by atoms with Gasteiger partial charge in [-0.1, -0.05) is 90.4 Å². The molecule has 0 unspecified atom stereocenters. The van der Waals surface area contributed by atoms with E-state index in [1.807, 2.05) is 25.9 Å². The van der Waals surface area contributed by atoms with Gasteiger partial charge in [-0.15, -0.1) is 0 Å². The smallest absolute Gasteiger partial charge is 0.225 e. The van der Waals surface area contributed by atoms with E-state index in [0.29, 0.717) is 0 Å². The van der Waals surface area contributed by atoms with Crippen molar-refractivity contribution in [2.24, 2.45) is 0 Å². The summed E-state index contributed by atoms with van der Waals surface area (Å²) in [5, 5.41) is 0. The van der Waals surface area contributed by atoms with Gasteiger partial charge in [-0.2, -0.15) is 0 Å². The van der Waals surface area contributed by atoms with Gasteiger partial charge in [0.1, 0.15) is 0 Å². The minimum absolute atomic E-state index is 0.777. The van der Waals surface area contributed by atoms with E-state index in [1.54, 1.807) is 7.11 Å². The highest BCUT2D eigenvalue weighted by molar-refractivity contribution is 5.39. The Morgan fingerprint density at radius 2 is 1.18 bits per heavy atom. The normalized spacial score (nSPS) is 11.0. The number of rotatable bonds is 17. The molecule has 4 heteroatoms. The Hall–Kier alpha value is -1.32. The minimum Gasteiger partial charge on any atom is -0.493 e. The summed E-state index contributed by atoms with van der Waals surface area (Å²) in [6.07, 6.45) is 20.4. The van der Waals surface area contributed by atoms with Crippen molar-refractivity contribution in [1.29, 1.82) is 0 Å². The lowest BCUT2D eigenvalue weighted by Gasteiger charge is -2.16. The number of methoxy groups -OCH3 is 1. The zero-order valence-corrected chi connectivity index (χ0v) is 19.4. The molecule has 0 bridgehead atoms. The number of unbranched alkanes of at least 4 members (excludes halogenated alkanes) is 13. The number of aryl methyl sites for hydroxylation is 2. The average molecular weight is 392 g/mol. The summed E-state index contributed by atoms with van der Waals surface area (Å²) >= 11 is 0. The van der Waals surface area contributed by atoms with Gasteiger partial charge in [-0.05, 0) is 19.8 Å². The quantitative estimate of drug-likeness (QED) is 0.271. The molecular formula is C24H45N3O. The summed E-state index contributed by atoms with van der Waals surface area (Å²) in [6.45, 7) is 4.29. The molecule has 0 aliphatic heterocycles. The second-order valence-corrected chi connectivity index (χ2v) is 8.33. The van der Waals surface area contributed by atoms with E-state index in [4.69, 9.17) is 9.72 Å². The van der Waals surface area contributed by atoms with Crippen LogP contribution in [0, 0.1) is 6.92 Å². The van der Waals surface area contributed by atoms with Crippen molar-refractivity contribution < 1.29 is 4.74 Å². The fraction of sp³-hybridized carbons (Fsp3) is 0.833. The lowest BCUT2D eigenvalue weighted by molar-refractivity contribution is 0.399. The van der Waals surface area contributed by atoms with E-state index in [9.17, 15) is 0 Å².